The number of carbonyl (C=O) groups is 1. The predicted molar refractivity (Wildman–Crippen MR) is 55.6 cm³/mol. The van der Waals surface area contributed by atoms with E-state index in [0.29, 0.717) is 13.1 Å². The van der Waals surface area contributed by atoms with Crippen LogP contribution in [-0.4, -0.2) is 40.6 Å². The molecule has 0 aromatic carbocycles. The van der Waals surface area contributed by atoms with E-state index in [0.717, 1.165) is 0 Å². The minimum Gasteiger partial charge on any atom is -0.444 e. The Balaban J connectivity index is 1.85. The number of carbonyl (C=O) groups excluding carboxylic acids is 1. The summed E-state index contributed by atoms with van der Waals surface area (Å²) in [5.41, 5.74) is -0.508. The molecule has 16 heavy (non-hydrogen) atoms. The Hall–Kier alpha value is -1.33. The molecule has 6 heteroatoms. The minimum atomic E-state index is -0.508. The van der Waals surface area contributed by atoms with Crippen LogP contribution < -0.4 is 0 Å². The summed E-state index contributed by atoms with van der Waals surface area (Å²) in [5.74, 6) is 0.0880. The zero-order valence-electron chi connectivity index (χ0n) is 9.67. The normalized spacial score (nSPS) is 32.2. The van der Waals surface area contributed by atoms with Crippen LogP contribution in [0.25, 0.3) is 0 Å². The van der Waals surface area contributed by atoms with Crippen LogP contribution in [0.4, 0.5) is 4.79 Å². The van der Waals surface area contributed by atoms with Crippen LogP contribution >= 0.6 is 0 Å². The highest BCUT2D eigenvalue weighted by Crippen LogP contribution is 2.47. The Kier molecular flexibility index (Phi) is 2.32. The summed E-state index contributed by atoms with van der Waals surface area (Å²) in [6.07, 6.45) is -0.359. The molecule has 0 spiro atoms. The third kappa shape index (κ3) is 1.96. The Morgan fingerprint density at radius 2 is 1.88 bits per heavy atom. The minimum absolute atomic E-state index is 0.0440. The van der Waals surface area contributed by atoms with Crippen molar-refractivity contribution in [2.75, 3.05) is 13.1 Å². The van der Waals surface area contributed by atoms with Crippen LogP contribution in [-0.2, 0) is 4.74 Å². The maximum absolute atomic E-state index is 11.6. The molecule has 1 saturated heterocycles. The number of hydrogen-bond acceptors (Lipinski definition) is 4. The van der Waals surface area contributed by atoms with E-state index < -0.39 is 11.6 Å². The van der Waals surface area contributed by atoms with Crippen LogP contribution in [0.5, 0.6) is 0 Å². The first-order chi connectivity index (χ1) is 7.29. The van der Waals surface area contributed by atoms with Gasteiger partial charge in [0.05, 0.1) is 11.8 Å². The van der Waals surface area contributed by atoms with Crippen molar-refractivity contribution < 1.29 is 14.5 Å². The van der Waals surface area contributed by atoms with Crippen molar-refractivity contribution in [3.8, 4) is 0 Å². The van der Waals surface area contributed by atoms with Crippen LogP contribution in [0.3, 0.4) is 0 Å². The molecule has 1 aliphatic carbocycles. The molecule has 0 aromatic rings. The van der Waals surface area contributed by atoms with Crippen LogP contribution in [0, 0.1) is 22.0 Å². The van der Waals surface area contributed by atoms with Gasteiger partial charge >= 0.3 is 6.09 Å². The lowest BCUT2D eigenvalue weighted by atomic mass is 10.2. The van der Waals surface area contributed by atoms with Crippen molar-refractivity contribution in [2.24, 2.45) is 11.8 Å². The first-order valence-corrected chi connectivity index (χ1v) is 5.41. The number of nitro groups is 1. The molecule has 2 aliphatic rings. The van der Waals surface area contributed by atoms with Gasteiger partial charge in [-0.3, -0.25) is 10.1 Å². The molecule has 2 fully saturated rings. The van der Waals surface area contributed by atoms with Gasteiger partial charge in [0.25, 0.3) is 0 Å². The van der Waals surface area contributed by atoms with E-state index in [-0.39, 0.29) is 22.9 Å². The van der Waals surface area contributed by atoms with Crippen molar-refractivity contribution >= 4 is 6.09 Å². The van der Waals surface area contributed by atoms with E-state index in [4.69, 9.17) is 4.74 Å². The van der Waals surface area contributed by atoms with Gasteiger partial charge in [-0.1, -0.05) is 0 Å². The summed E-state index contributed by atoms with van der Waals surface area (Å²) >= 11 is 0. The van der Waals surface area contributed by atoms with Crippen molar-refractivity contribution in [3.63, 3.8) is 0 Å². The standard InChI is InChI=1S/C10H16N2O4/c1-10(2,3)16-9(13)11-4-6-7(5-11)8(6)12(14)15/h6-8H,4-5H2,1-3H3. The van der Waals surface area contributed by atoms with E-state index in [1.807, 2.05) is 20.8 Å². The highest BCUT2D eigenvalue weighted by Gasteiger charge is 2.65. The van der Waals surface area contributed by atoms with E-state index in [2.05, 4.69) is 0 Å². The molecule has 2 rings (SSSR count). The maximum Gasteiger partial charge on any atom is 0.410 e. The molecule has 2 atom stereocenters. The number of ether oxygens (including phenoxy) is 1. The molecule has 1 aliphatic heterocycles. The molecular weight excluding hydrogens is 212 g/mol. The molecule has 6 nitrogen and oxygen atoms in total. The molecule has 0 radical (unpaired) electrons. The van der Waals surface area contributed by atoms with Gasteiger partial charge in [-0.25, -0.2) is 4.79 Å². The van der Waals surface area contributed by atoms with Crippen molar-refractivity contribution in [1.82, 2.24) is 4.90 Å². The molecule has 1 heterocycles. The van der Waals surface area contributed by atoms with Gasteiger partial charge in [-0.2, -0.15) is 0 Å². The molecular formula is C10H16N2O4. The average molecular weight is 228 g/mol. The second-order valence-corrected chi connectivity index (χ2v) is 5.49. The summed E-state index contributed by atoms with van der Waals surface area (Å²) in [4.78, 5) is 23.5. The highest BCUT2D eigenvalue weighted by atomic mass is 16.6. The van der Waals surface area contributed by atoms with E-state index in [1.54, 1.807) is 4.90 Å². The molecule has 90 valence electrons. The average Bonchev–Trinajstić information content (AvgIpc) is 2.60. The van der Waals surface area contributed by atoms with E-state index >= 15 is 0 Å². The highest BCUT2D eigenvalue weighted by molar-refractivity contribution is 5.69. The maximum atomic E-state index is 11.6. The summed E-state index contributed by atoms with van der Waals surface area (Å²) in [6.45, 7) is 6.35. The lowest BCUT2D eigenvalue weighted by molar-refractivity contribution is -0.502. The molecule has 1 amide bonds. The first-order valence-electron chi connectivity index (χ1n) is 5.41. The fourth-order valence-corrected chi connectivity index (χ4v) is 2.28. The summed E-state index contributed by atoms with van der Waals surface area (Å²) in [7, 11) is 0. The predicted octanol–water partition coefficient (Wildman–Crippen LogP) is 1.13. The SMILES string of the molecule is CC(C)(C)OC(=O)N1CC2C(C1)C2[N+](=O)[O-]. The van der Waals surface area contributed by atoms with Gasteiger partial charge in [0.15, 0.2) is 0 Å². The van der Waals surface area contributed by atoms with Gasteiger partial charge in [-0.05, 0) is 20.8 Å². The number of likely N-dealkylation sites (tertiary alicyclic amines) is 1. The quantitative estimate of drug-likeness (QED) is 0.498. The number of rotatable bonds is 1. The number of amides is 1. The molecule has 0 N–H and O–H groups in total. The Bertz CT molecular complexity index is 324. The fraction of sp³-hybridized carbons (Fsp3) is 0.900. The van der Waals surface area contributed by atoms with Gasteiger partial charge in [0, 0.05) is 18.0 Å². The zero-order valence-corrected chi connectivity index (χ0v) is 9.67. The Labute approximate surface area is 93.7 Å². The van der Waals surface area contributed by atoms with Gasteiger partial charge in [-0.15, -0.1) is 0 Å². The lowest BCUT2D eigenvalue weighted by Gasteiger charge is -2.25. The monoisotopic (exact) mass is 228 g/mol. The third-order valence-electron chi connectivity index (χ3n) is 3.04. The lowest BCUT2D eigenvalue weighted by Crippen LogP contribution is -2.38. The number of hydrogen-bond donors (Lipinski definition) is 0. The van der Waals surface area contributed by atoms with Gasteiger partial charge in [0.1, 0.15) is 5.60 Å². The largest absolute Gasteiger partial charge is 0.444 e. The number of fused-ring (bicyclic) bond motifs is 1. The second kappa shape index (κ2) is 3.33. The fourth-order valence-electron chi connectivity index (χ4n) is 2.28. The van der Waals surface area contributed by atoms with E-state index in [9.17, 15) is 14.9 Å². The van der Waals surface area contributed by atoms with Gasteiger partial charge < -0.3 is 9.64 Å². The van der Waals surface area contributed by atoms with Crippen LogP contribution in [0.15, 0.2) is 0 Å². The third-order valence-corrected chi connectivity index (χ3v) is 3.04. The Morgan fingerprint density at radius 3 is 2.25 bits per heavy atom. The number of piperidine rings is 1. The molecule has 0 aromatic heterocycles. The van der Waals surface area contributed by atoms with Crippen LogP contribution in [0.2, 0.25) is 0 Å². The van der Waals surface area contributed by atoms with Crippen LogP contribution in [0.1, 0.15) is 20.8 Å². The topological polar surface area (TPSA) is 72.7 Å². The summed E-state index contributed by atoms with van der Waals surface area (Å²) < 4.78 is 5.20. The number of nitrogens with zero attached hydrogens (tertiary/aromatic N) is 2. The van der Waals surface area contributed by atoms with Crippen molar-refractivity contribution in [1.29, 1.82) is 0 Å². The second-order valence-electron chi connectivity index (χ2n) is 5.49. The van der Waals surface area contributed by atoms with Gasteiger partial charge in [0.2, 0.25) is 6.04 Å². The zero-order chi connectivity index (χ0) is 12.1. The summed E-state index contributed by atoms with van der Waals surface area (Å²) in [6, 6.07) is -0.432. The Morgan fingerprint density at radius 1 is 1.38 bits per heavy atom. The van der Waals surface area contributed by atoms with Crippen molar-refractivity contribution in [2.45, 2.75) is 32.4 Å². The molecule has 0 bridgehead atoms. The summed E-state index contributed by atoms with van der Waals surface area (Å²) in [5, 5.41) is 10.6. The molecule has 1 saturated carbocycles. The van der Waals surface area contributed by atoms with E-state index in [1.165, 1.54) is 0 Å². The smallest absolute Gasteiger partial charge is 0.410 e. The van der Waals surface area contributed by atoms with Crippen molar-refractivity contribution in [3.05, 3.63) is 10.1 Å². The first kappa shape index (κ1) is 11.2. The molecule has 2 unspecified atom stereocenters.